The van der Waals surface area contributed by atoms with Crippen LogP contribution in [0.4, 0.5) is 0 Å². The lowest BCUT2D eigenvalue weighted by atomic mass is 10.1. The quantitative estimate of drug-likeness (QED) is 0.916. The zero-order valence-corrected chi connectivity index (χ0v) is 11.1. The summed E-state index contributed by atoms with van der Waals surface area (Å²) in [5, 5.41) is 9.21. The number of nitrogens with zero attached hydrogens (tertiary/aromatic N) is 1. The molecule has 1 aliphatic rings. The van der Waals surface area contributed by atoms with E-state index in [4.69, 9.17) is 0 Å². The van der Waals surface area contributed by atoms with Gasteiger partial charge >= 0.3 is 5.97 Å². The molecule has 0 saturated heterocycles. The first kappa shape index (κ1) is 11.5. The normalized spacial score (nSPS) is 16.5. The lowest BCUT2D eigenvalue weighted by Crippen LogP contribution is -2.20. The molecule has 0 amide bonds. The lowest BCUT2D eigenvalue weighted by molar-refractivity contribution is -0.140. The first-order valence-corrected chi connectivity index (χ1v) is 6.46. The summed E-state index contributed by atoms with van der Waals surface area (Å²) in [7, 11) is 0. The van der Waals surface area contributed by atoms with Crippen molar-refractivity contribution >= 4 is 21.9 Å². The third-order valence-corrected chi connectivity index (χ3v) is 3.82. The Kier molecular flexibility index (Phi) is 2.52. The van der Waals surface area contributed by atoms with Gasteiger partial charge in [-0.3, -0.25) is 4.79 Å². The molecule has 0 bridgehead atoms. The third-order valence-electron chi connectivity index (χ3n) is 3.32. The van der Waals surface area contributed by atoms with Gasteiger partial charge in [0.1, 0.15) is 11.2 Å². The number of aliphatic carboxylic acids is 1. The van der Waals surface area contributed by atoms with Crippen molar-refractivity contribution in [2.75, 3.05) is 0 Å². The highest BCUT2D eigenvalue weighted by Gasteiger charge is 2.54. The van der Waals surface area contributed by atoms with E-state index in [1.54, 1.807) is 6.20 Å². The van der Waals surface area contributed by atoms with Crippen molar-refractivity contribution in [1.29, 1.82) is 0 Å². The minimum atomic E-state index is -0.794. The molecular formula is C13H11BrN2O2. The van der Waals surface area contributed by atoms with Crippen LogP contribution in [0.5, 0.6) is 0 Å². The van der Waals surface area contributed by atoms with Crippen molar-refractivity contribution in [3.8, 4) is 11.3 Å². The molecule has 0 atom stereocenters. The smallest absolute Gasteiger partial charge is 0.317 e. The highest BCUT2D eigenvalue weighted by Crippen LogP contribution is 2.47. The molecule has 1 aromatic carbocycles. The average Bonchev–Trinajstić information content (AvgIpc) is 3.01. The number of hydrogen-bond donors (Lipinski definition) is 2. The van der Waals surface area contributed by atoms with Crippen LogP contribution in [0.2, 0.25) is 0 Å². The number of imidazole rings is 1. The number of carboxylic acids is 1. The molecule has 1 aliphatic carbocycles. The Morgan fingerprint density at radius 1 is 1.44 bits per heavy atom. The second-order valence-electron chi connectivity index (χ2n) is 4.54. The second-order valence-corrected chi connectivity index (χ2v) is 5.46. The first-order valence-electron chi connectivity index (χ1n) is 5.67. The minimum Gasteiger partial charge on any atom is -0.480 e. The topological polar surface area (TPSA) is 66.0 Å². The van der Waals surface area contributed by atoms with E-state index in [0.717, 1.165) is 15.7 Å². The van der Waals surface area contributed by atoms with E-state index in [0.29, 0.717) is 18.7 Å². The van der Waals surface area contributed by atoms with Gasteiger partial charge in [-0.1, -0.05) is 28.1 Å². The molecule has 4 nitrogen and oxygen atoms in total. The number of benzene rings is 1. The largest absolute Gasteiger partial charge is 0.480 e. The van der Waals surface area contributed by atoms with Gasteiger partial charge in [-0.25, -0.2) is 4.98 Å². The van der Waals surface area contributed by atoms with Gasteiger partial charge in [0, 0.05) is 10.0 Å². The van der Waals surface area contributed by atoms with Crippen LogP contribution in [0.25, 0.3) is 11.3 Å². The number of H-pyrrole nitrogens is 1. The van der Waals surface area contributed by atoms with Gasteiger partial charge in [0.05, 0.1) is 11.9 Å². The number of hydrogen-bond acceptors (Lipinski definition) is 2. The number of halogens is 1. The Morgan fingerprint density at radius 2 is 2.22 bits per heavy atom. The highest BCUT2D eigenvalue weighted by molar-refractivity contribution is 9.10. The van der Waals surface area contributed by atoms with Crippen LogP contribution in [0.3, 0.4) is 0 Å². The fourth-order valence-corrected chi connectivity index (χ4v) is 2.44. The van der Waals surface area contributed by atoms with E-state index in [9.17, 15) is 9.90 Å². The summed E-state index contributed by atoms with van der Waals surface area (Å²) in [5.41, 5.74) is 1.06. The Hall–Kier alpha value is -1.62. The summed E-state index contributed by atoms with van der Waals surface area (Å²) in [6.07, 6.45) is 3.02. The molecule has 5 heteroatoms. The molecule has 0 unspecified atom stereocenters. The first-order chi connectivity index (χ1) is 8.62. The summed E-state index contributed by atoms with van der Waals surface area (Å²) in [6, 6.07) is 7.81. The Balaban J connectivity index is 1.98. The molecule has 0 radical (unpaired) electrons. The predicted molar refractivity (Wildman–Crippen MR) is 70.3 cm³/mol. The minimum absolute atomic E-state index is 0.560. The number of aromatic amines is 1. The Morgan fingerprint density at radius 3 is 2.83 bits per heavy atom. The van der Waals surface area contributed by atoms with Gasteiger partial charge in [-0.15, -0.1) is 0 Å². The number of aromatic nitrogens is 2. The van der Waals surface area contributed by atoms with E-state index in [1.807, 2.05) is 24.3 Å². The van der Waals surface area contributed by atoms with Crippen LogP contribution in [-0.2, 0) is 10.2 Å². The van der Waals surface area contributed by atoms with Gasteiger partial charge in [-0.05, 0) is 25.0 Å². The molecule has 1 fully saturated rings. The van der Waals surface area contributed by atoms with Crippen molar-refractivity contribution in [2.24, 2.45) is 0 Å². The SMILES string of the molecule is O=C(O)C1(c2ncc(-c3cccc(Br)c3)[nH]2)CC1. The Bertz CT molecular complexity index is 617. The van der Waals surface area contributed by atoms with Crippen molar-refractivity contribution in [2.45, 2.75) is 18.3 Å². The van der Waals surface area contributed by atoms with Crippen LogP contribution < -0.4 is 0 Å². The van der Waals surface area contributed by atoms with E-state index < -0.39 is 11.4 Å². The molecular weight excluding hydrogens is 296 g/mol. The molecule has 92 valence electrons. The van der Waals surface area contributed by atoms with Gasteiger partial charge in [0.25, 0.3) is 0 Å². The maximum absolute atomic E-state index is 11.2. The van der Waals surface area contributed by atoms with Crippen LogP contribution >= 0.6 is 15.9 Å². The van der Waals surface area contributed by atoms with Crippen LogP contribution in [-0.4, -0.2) is 21.0 Å². The monoisotopic (exact) mass is 306 g/mol. The van der Waals surface area contributed by atoms with Crippen LogP contribution in [0, 0.1) is 0 Å². The summed E-state index contributed by atoms with van der Waals surface area (Å²) in [6.45, 7) is 0. The van der Waals surface area contributed by atoms with Crippen molar-refractivity contribution in [3.63, 3.8) is 0 Å². The van der Waals surface area contributed by atoms with E-state index in [-0.39, 0.29) is 0 Å². The number of carboxylic acid groups (broad SMARTS) is 1. The van der Waals surface area contributed by atoms with Crippen molar-refractivity contribution in [3.05, 3.63) is 40.8 Å². The van der Waals surface area contributed by atoms with E-state index in [2.05, 4.69) is 25.9 Å². The van der Waals surface area contributed by atoms with E-state index in [1.165, 1.54) is 0 Å². The number of rotatable bonds is 3. The summed E-state index contributed by atoms with van der Waals surface area (Å²) < 4.78 is 0.982. The zero-order valence-electron chi connectivity index (χ0n) is 9.48. The zero-order chi connectivity index (χ0) is 12.8. The van der Waals surface area contributed by atoms with Gasteiger partial charge in [0.15, 0.2) is 0 Å². The molecule has 0 spiro atoms. The molecule has 1 aromatic heterocycles. The molecule has 2 N–H and O–H groups in total. The van der Waals surface area contributed by atoms with E-state index >= 15 is 0 Å². The maximum atomic E-state index is 11.2. The summed E-state index contributed by atoms with van der Waals surface area (Å²) >= 11 is 3.41. The van der Waals surface area contributed by atoms with Crippen LogP contribution in [0.15, 0.2) is 34.9 Å². The van der Waals surface area contributed by atoms with Gasteiger partial charge in [0.2, 0.25) is 0 Å². The fourth-order valence-electron chi connectivity index (χ4n) is 2.04. The fraction of sp³-hybridized carbons (Fsp3) is 0.231. The van der Waals surface area contributed by atoms with Gasteiger partial charge < -0.3 is 10.1 Å². The summed E-state index contributed by atoms with van der Waals surface area (Å²) in [4.78, 5) is 18.6. The third kappa shape index (κ3) is 1.75. The van der Waals surface area contributed by atoms with Crippen LogP contribution in [0.1, 0.15) is 18.7 Å². The lowest BCUT2D eigenvalue weighted by Gasteiger charge is -2.05. The average molecular weight is 307 g/mol. The van der Waals surface area contributed by atoms with Gasteiger partial charge in [-0.2, -0.15) is 0 Å². The maximum Gasteiger partial charge on any atom is 0.317 e. The standard InChI is InChI=1S/C13H11BrN2O2/c14-9-3-1-2-8(6-9)10-7-15-11(16-10)13(4-5-13)12(17)18/h1-3,6-7H,4-5H2,(H,15,16)(H,17,18). The highest BCUT2D eigenvalue weighted by atomic mass is 79.9. The predicted octanol–water partition coefficient (Wildman–Crippen LogP) is 2.96. The molecule has 18 heavy (non-hydrogen) atoms. The number of nitrogens with one attached hydrogen (secondary N) is 1. The molecule has 1 saturated carbocycles. The van der Waals surface area contributed by atoms with Crippen molar-refractivity contribution < 1.29 is 9.90 Å². The molecule has 0 aliphatic heterocycles. The number of carbonyl (C=O) groups is 1. The summed E-state index contributed by atoms with van der Waals surface area (Å²) in [5.74, 6) is -0.234. The molecule has 3 rings (SSSR count). The van der Waals surface area contributed by atoms with Crippen molar-refractivity contribution in [1.82, 2.24) is 9.97 Å². The Labute approximate surface area is 112 Å². The molecule has 2 aromatic rings. The molecule has 1 heterocycles. The second kappa shape index (κ2) is 3.95.